The second-order valence-corrected chi connectivity index (χ2v) is 2.71. The third kappa shape index (κ3) is 3.44. The first kappa shape index (κ1) is 10.5. The van der Waals surface area contributed by atoms with E-state index in [1.54, 1.807) is 12.5 Å². The Balaban J connectivity index is 2.30. The van der Waals surface area contributed by atoms with Gasteiger partial charge in [0.2, 0.25) is 5.96 Å². The zero-order chi connectivity index (χ0) is 10.2. The highest BCUT2D eigenvalue weighted by Crippen LogP contribution is 1.85. The van der Waals surface area contributed by atoms with E-state index in [1.807, 2.05) is 17.7 Å². The van der Waals surface area contributed by atoms with E-state index in [9.17, 15) is 0 Å². The molecule has 0 saturated heterocycles. The summed E-state index contributed by atoms with van der Waals surface area (Å²) in [6.07, 6.45) is 5.41. The molecule has 1 aromatic heterocycles. The first-order valence-electron chi connectivity index (χ1n) is 4.57. The monoisotopic (exact) mass is 196 g/mol. The molecule has 6 heteroatoms. The lowest BCUT2D eigenvalue weighted by atomic mass is 10.6. The molecule has 1 heterocycles. The molecule has 4 N–H and O–H groups in total. The van der Waals surface area contributed by atoms with Gasteiger partial charge in [-0.15, -0.1) is 0 Å². The Kier molecular flexibility index (Phi) is 4.49. The second-order valence-electron chi connectivity index (χ2n) is 2.71. The quantitative estimate of drug-likeness (QED) is 0.258. The van der Waals surface area contributed by atoms with Crippen LogP contribution >= 0.6 is 0 Å². The number of hydrogen-bond acceptors (Lipinski definition) is 3. The minimum absolute atomic E-state index is 0.618. The maximum atomic E-state index is 5.26. The molecule has 6 nitrogen and oxygen atoms in total. The van der Waals surface area contributed by atoms with Crippen LogP contribution in [0.3, 0.4) is 0 Å². The van der Waals surface area contributed by atoms with Crippen LogP contribution in [0.5, 0.6) is 0 Å². The van der Waals surface area contributed by atoms with Crippen molar-refractivity contribution in [3.8, 4) is 0 Å². The van der Waals surface area contributed by atoms with Crippen LogP contribution in [0.4, 0.5) is 0 Å². The van der Waals surface area contributed by atoms with Gasteiger partial charge >= 0.3 is 0 Å². The zero-order valence-corrected chi connectivity index (χ0v) is 8.27. The molecule has 0 aliphatic heterocycles. The van der Waals surface area contributed by atoms with Crippen LogP contribution in [0, 0.1) is 0 Å². The highest BCUT2D eigenvalue weighted by molar-refractivity contribution is 5.78. The van der Waals surface area contributed by atoms with Crippen molar-refractivity contribution in [3.05, 3.63) is 18.7 Å². The lowest BCUT2D eigenvalue weighted by molar-refractivity contribution is 0.700. The van der Waals surface area contributed by atoms with Crippen molar-refractivity contribution in [1.29, 1.82) is 0 Å². The predicted molar refractivity (Wildman–Crippen MR) is 55.5 cm³/mol. The topological polar surface area (TPSA) is 80.3 Å². The number of imidazole rings is 1. The van der Waals surface area contributed by atoms with E-state index in [0.29, 0.717) is 12.5 Å². The maximum absolute atomic E-state index is 5.26. The van der Waals surface area contributed by atoms with Crippen LogP contribution in [0.1, 0.15) is 6.92 Å². The average molecular weight is 196 g/mol. The van der Waals surface area contributed by atoms with Crippen LogP contribution in [-0.4, -0.2) is 28.6 Å². The molecule has 0 aliphatic rings. The van der Waals surface area contributed by atoms with E-state index in [-0.39, 0.29) is 0 Å². The van der Waals surface area contributed by atoms with Crippen molar-refractivity contribution in [2.75, 3.05) is 13.1 Å². The maximum Gasteiger partial charge on any atom is 0.205 e. The van der Waals surface area contributed by atoms with E-state index in [0.717, 1.165) is 13.1 Å². The Hall–Kier alpha value is -1.56. The molecule has 1 rings (SSSR count). The Morgan fingerprint density at radius 3 is 3.07 bits per heavy atom. The molecule has 0 bridgehead atoms. The summed E-state index contributed by atoms with van der Waals surface area (Å²) in [5, 5.41) is 3.00. The molecule has 0 fully saturated rings. The van der Waals surface area contributed by atoms with Crippen molar-refractivity contribution >= 4 is 5.96 Å². The van der Waals surface area contributed by atoms with E-state index in [2.05, 4.69) is 20.7 Å². The third-order valence-corrected chi connectivity index (χ3v) is 1.67. The van der Waals surface area contributed by atoms with Crippen LogP contribution in [0.25, 0.3) is 0 Å². The minimum atomic E-state index is 0.618. The van der Waals surface area contributed by atoms with Crippen LogP contribution in [-0.2, 0) is 6.54 Å². The van der Waals surface area contributed by atoms with Gasteiger partial charge in [-0.3, -0.25) is 10.4 Å². The first-order valence-corrected chi connectivity index (χ1v) is 4.57. The van der Waals surface area contributed by atoms with Gasteiger partial charge in [-0.2, -0.15) is 0 Å². The first-order chi connectivity index (χ1) is 6.86. The number of rotatable bonds is 4. The molecule has 78 valence electrons. The number of aliphatic imine (C=N–C) groups is 1. The van der Waals surface area contributed by atoms with Crippen LogP contribution in [0.2, 0.25) is 0 Å². The molecular formula is C8H16N6. The summed E-state index contributed by atoms with van der Waals surface area (Å²) in [7, 11) is 0. The second kappa shape index (κ2) is 5.98. The number of nitrogens with one attached hydrogen (secondary N) is 2. The fourth-order valence-corrected chi connectivity index (χ4v) is 1.02. The van der Waals surface area contributed by atoms with E-state index >= 15 is 0 Å². The van der Waals surface area contributed by atoms with E-state index < -0.39 is 0 Å². The fraction of sp³-hybridized carbons (Fsp3) is 0.500. The molecule has 0 spiro atoms. The standard InChI is InChI=1S/C8H16N6/c1-2-11-8(13-9)12-4-6-14-5-3-10-7-14/h3,5,7H,2,4,6,9H2,1H3,(H2,11,12,13). The number of guanidine groups is 1. The highest BCUT2D eigenvalue weighted by Gasteiger charge is 1.92. The summed E-state index contributed by atoms with van der Waals surface area (Å²) in [6.45, 7) is 4.26. The van der Waals surface area contributed by atoms with Crippen LogP contribution in [0.15, 0.2) is 23.7 Å². The molecule has 0 atom stereocenters. The number of hydrogen-bond donors (Lipinski definition) is 3. The largest absolute Gasteiger partial charge is 0.356 e. The summed E-state index contributed by atoms with van der Waals surface area (Å²) in [4.78, 5) is 8.16. The molecule has 0 saturated carbocycles. The molecule has 0 unspecified atom stereocenters. The van der Waals surface area contributed by atoms with Crippen molar-refractivity contribution in [2.24, 2.45) is 10.8 Å². The minimum Gasteiger partial charge on any atom is -0.356 e. The number of nitrogens with two attached hydrogens (primary N) is 1. The van der Waals surface area contributed by atoms with Crippen LogP contribution < -0.4 is 16.6 Å². The van der Waals surface area contributed by atoms with Crippen molar-refractivity contribution in [1.82, 2.24) is 20.3 Å². The number of hydrazine groups is 1. The molecule has 1 aromatic rings. The molecule has 0 radical (unpaired) electrons. The number of aromatic nitrogens is 2. The SMILES string of the molecule is CCNC(=NCCn1ccnc1)NN. The van der Waals surface area contributed by atoms with Gasteiger partial charge in [0.15, 0.2) is 0 Å². The van der Waals surface area contributed by atoms with Crippen molar-refractivity contribution < 1.29 is 0 Å². The fourth-order valence-electron chi connectivity index (χ4n) is 1.02. The van der Waals surface area contributed by atoms with Gasteiger partial charge in [0.25, 0.3) is 0 Å². The summed E-state index contributed by atoms with van der Waals surface area (Å²) < 4.78 is 1.96. The highest BCUT2D eigenvalue weighted by atomic mass is 15.3. The summed E-state index contributed by atoms with van der Waals surface area (Å²) in [5.41, 5.74) is 2.50. The average Bonchev–Trinajstić information content (AvgIpc) is 2.69. The van der Waals surface area contributed by atoms with Gasteiger partial charge in [0.1, 0.15) is 0 Å². The van der Waals surface area contributed by atoms with Crippen molar-refractivity contribution in [3.63, 3.8) is 0 Å². The normalized spacial score (nSPS) is 11.4. The Bertz CT molecular complexity index is 265. The van der Waals surface area contributed by atoms with Gasteiger partial charge in [0.05, 0.1) is 12.9 Å². The molecule has 0 amide bonds. The molecule has 0 aromatic carbocycles. The molecule has 0 aliphatic carbocycles. The smallest absolute Gasteiger partial charge is 0.205 e. The van der Waals surface area contributed by atoms with Gasteiger partial charge in [-0.05, 0) is 6.92 Å². The van der Waals surface area contributed by atoms with Gasteiger partial charge < -0.3 is 9.88 Å². The van der Waals surface area contributed by atoms with Crippen molar-refractivity contribution in [2.45, 2.75) is 13.5 Å². The van der Waals surface area contributed by atoms with Gasteiger partial charge in [-0.1, -0.05) is 0 Å². The zero-order valence-electron chi connectivity index (χ0n) is 8.27. The number of nitrogens with zero attached hydrogens (tertiary/aromatic N) is 3. The Morgan fingerprint density at radius 1 is 1.64 bits per heavy atom. The lowest BCUT2D eigenvalue weighted by Gasteiger charge is -2.06. The summed E-state index contributed by atoms with van der Waals surface area (Å²) in [6, 6.07) is 0. The van der Waals surface area contributed by atoms with E-state index in [4.69, 9.17) is 5.84 Å². The Labute approximate surface area is 83.2 Å². The third-order valence-electron chi connectivity index (χ3n) is 1.67. The predicted octanol–water partition coefficient (Wildman–Crippen LogP) is -0.688. The van der Waals surface area contributed by atoms with Gasteiger partial charge in [0, 0.05) is 25.5 Å². The lowest BCUT2D eigenvalue weighted by Crippen LogP contribution is -2.41. The molecular weight excluding hydrogens is 180 g/mol. The van der Waals surface area contributed by atoms with Gasteiger partial charge in [-0.25, -0.2) is 10.8 Å². The Morgan fingerprint density at radius 2 is 2.50 bits per heavy atom. The summed E-state index contributed by atoms with van der Waals surface area (Å²) >= 11 is 0. The van der Waals surface area contributed by atoms with E-state index in [1.165, 1.54) is 0 Å². The molecule has 14 heavy (non-hydrogen) atoms. The summed E-state index contributed by atoms with van der Waals surface area (Å²) in [5.74, 6) is 5.87.